The number of nitrogens with two attached hydrogens (primary N) is 1. The molecular formula is C13H11BrClFN2O2S. The highest BCUT2D eigenvalue weighted by molar-refractivity contribution is 9.10. The van der Waals surface area contributed by atoms with E-state index in [4.69, 9.17) is 17.3 Å². The summed E-state index contributed by atoms with van der Waals surface area (Å²) >= 11 is 8.88. The normalized spacial score (nSPS) is 11.4. The van der Waals surface area contributed by atoms with Crippen LogP contribution in [0.1, 0.15) is 5.56 Å². The fourth-order valence-electron chi connectivity index (χ4n) is 1.65. The van der Waals surface area contributed by atoms with Crippen LogP contribution in [-0.4, -0.2) is 8.42 Å². The topological polar surface area (TPSA) is 72.2 Å². The van der Waals surface area contributed by atoms with Crippen LogP contribution in [0.5, 0.6) is 0 Å². The van der Waals surface area contributed by atoms with Gasteiger partial charge in [-0.05, 0) is 52.7 Å². The Morgan fingerprint density at radius 1 is 1.29 bits per heavy atom. The Kier molecular flexibility index (Phi) is 4.46. The van der Waals surface area contributed by atoms with E-state index in [1.807, 2.05) is 0 Å². The Labute approximate surface area is 135 Å². The third-order valence-corrected chi connectivity index (χ3v) is 5.34. The van der Waals surface area contributed by atoms with Gasteiger partial charge in [0.1, 0.15) is 10.7 Å². The van der Waals surface area contributed by atoms with Gasteiger partial charge in [0, 0.05) is 9.50 Å². The highest BCUT2D eigenvalue weighted by Crippen LogP contribution is 2.29. The Balaban J connectivity index is 2.48. The largest absolute Gasteiger partial charge is 0.396 e. The number of hydrogen-bond acceptors (Lipinski definition) is 3. The van der Waals surface area contributed by atoms with E-state index in [9.17, 15) is 12.8 Å². The van der Waals surface area contributed by atoms with Crippen LogP contribution >= 0.6 is 27.5 Å². The number of hydrogen-bond donors (Lipinski definition) is 2. The molecule has 0 aliphatic carbocycles. The number of rotatable bonds is 3. The summed E-state index contributed by atoms with van der Waals surface area (Å²) in [4.78, 5) is -0.152. The molecular weight excluding hydrogens is 383 g/mol. The first kappa shape index (κ1) is 16.1. The van der Waals surface area contributed by atoms with E-state index in [1.54, 1.807) is 19.1 Å². The summed E-state index contributed by atoms with van der Waals surface area (Å²) in [6.07, 6.45) is 0. The molecule has 0 saturated carbocycles. The van der Waals surface area contributed by atoms with Crippen molar-refractivity contribution in [1.29, 1.82) is 0 Å². The first-order chi connectivity index (χ1) is 9.70. The van der Waals surface area contributed by atoms with Crippen LogP contribution in [0.3, 0.4) is 0 Å². The lowest BCUT2D eigenvalue weighted by molar-refractivity contribution is 0.599. The summed E-state index contributed by atoms with van der Waals surface area (Å²) in [5.74, 6) is -0.695. The second-order valence-electron chi connectivity index (χ2n) is 4.37. The highest BCUT2D eigenvalue weighted by Gasteiger charge is 2.20. The van der Waals surface area contributed by atoms with E-state index in [-0.39, 0.29) is 15.1 Å². The van der Waals surface area contributed by atoms with Crippen molar-refractivity contribution in [2.24, 2.45) is 0 Å². The van der Waals surface area contributed by atoms with Crippen molar-refractivity contribution in [2.45, 2.75) is 11.8 Å². The van der Waals surface area contributed by atoms with Crippen molar-refractivity contribution in [2.75, 3.05) is 10.5 Å². The third-order valence-electron chi connectivity index (χ3n) is 2.78. The zero-order valence-electron chi connectivity index (χ0n) is 10.8. The van der Waals surface area contributed by atoms with Crippen molar-refractivity contribution < 1.29 is 12.8 Å². The molecule has 0 saturated heterocycles. The van der Waals surface area contributed by atoms with Gasteiger partial charge in [0.2, 0.25) is 0 Å². The van der Waals surface area contributed by atoms with Gasteiger partial charge in [0.15, 0.2) is 0 Å². The Morgan fingerprint density at radius 2 is 1.95 bits per heavy atom. The molecule has 0 aliphatic rings. The maximum Gasteiger partial charge on any atom is 0.263 e. The maximum atomic E-state index is 13.3. The minimum Gasteiger partial charge on any atom is -0.396 e. The molecule has 0 unspecified atom stereocenters. The van der Waals surface area contributed by atoms with Crippen molar-refractivity contribution in [3.8, 4) is 0 Å². The van der Waals surface area contributed by atoms with Crippen LogP contribution in [-0.2, 0) is 10.0 Å². The summed E-state index contributed by atoms with van der Waals surface area (Å²) in [6, 6.07) is 6.90. The van der Waals surface area contributed by atoms with Crippen LogP contribution < -0.4 is 10.5 Å². The number of sulfonamides is 1. The number of aryl methyl sites for hydroxylation is 1. The quantitative estimate of drug-likeness (QED) is 0.776. The lowest BCUT2D eigenvalue weighted by atomic mass is 10.2. The van der Waals surface area contributed by atoms with Crippen LogP contribution in [0, 0.1) is 12.7 Å². The molecule has 112 valence electrons. The Hall–Kier alpha value is -1.31. The van der Waals surface area contributed by atoms with E-state index < -0.39 is 15.8 Å². The first-order valence-electron chi connectivity index (χ1n) is 5.74. The molecule has 0 fully saturated rings. The highest BCUT2D eigenvalue weighted by atomic mass is 79.9. The predicted octanol–water partition coefficient (Wildman–Crippen LogP) is 3.93. The smallest absolute Gasteiger partial charge is 0.263 e. The molecule has 21 heavy (non-hydrogen) atoms. The summed E-state index contributed by atoms with van der Waals surface area (Å²) in [5.41, 5.74) is 6.22. The van der Waals surface area contributed by atoms with Gasteiger partial charge in [-0.3, -0.25) is 4.72 Å². The molecule has 4 nitrogen and oxygen atoms in total. The van der Waals surface area contributed by atoms with Gasteiger partial charge in [-0.2, -0.15) is 0 Å². The molecule has 0 atom stereocenters. The molecule has 0 heterocycles. The van der Waals surface area contributed by atoms with Gasteiger partial charge >= 0.3 is 0 Å². The molecule has 3 N–H and O–H groups in total. The molecule has 0 aliphatic heterocycles. The molecule has 2 aromatic rings. The van der Waals surface area contributed by atoms with Gasteiger partial charge in [-0.1, -0.05) is 17.7 Å². The zero-order chi connectivity index (χ0) is 15.8. The predicted molar refractivity (Wildman–Crippen MR) is 85.5 cm³/mol. The Morgan fingerprint density at radius 3 is 2.62 bits per heavy atom. The molecule has 8 heteroatoms. The first-order valence-corrected chi connectivity index (χ1v) is 8.39. The number of halogens is 3. The van der Waals surface area contributed by atoms with Gasteiger partial charge in [0.25, 0.3) is 10.0 Å². The molecule has 2 rings (SSSR count). The van der Waals surface area contributed by atoms with Crippen LogP contribution in [0.25, 0.3) is 0 Å². The average molecular weight is 394 g/mol. The van der Waals surface area contributed by atoms with E-state index in [0.29, 0.717) is 16.3 Å². The summed E-state index contributed by atoms with van der Waals surface area (Å²) in [7, 11) is -3.92. The van der Waals surface area contributed by atoms with Crippen LogP contribution in [0.2, 0.25) is 5.02 Å². The van der Waals surface area contributed by atoms with Crippen molar-refractivity contribution >= 4 is 48.9 Å². The monoisotopic (exact) mass is 392 g/mol. The van der Waals surface area contributed by atoms with Gasteiger partial charge in [-0.15, -0.1) is 0 Å². The molecule has 0 aromatic heterocycles. The number of nitrogens with one attached hydrogen (secondary N) is 1. The van der Waals surface area contributed by atoms with E-state index in [2.05, 4.69) is 20.7 Å². The molecule has 0 amide bonds. The molecule has 0 bridgehead atoms. The average Bonchev–Trinajstić information content (AvgIpc) is 2.37. The minimum absolute atomic E-state index is 0.0846. The lowest BCUT2D eigenvalue weighted by Crippen LogP contribution is -2.15. The van der Waals surface area contributed by atoms with Crippen molar-refractivity contribution in [3.05, 3.63) is 51.2 Å². The SMILES string of the molecule is Cc1ccc(Cl)cc1NS(=O)(=O)c1cc(N)c(F)cc1Br. The van der Waals surface area contributed by atoms with Gasteiger partial charge in [-0.25, -0.2) is 12.8 Å². The maximum absolute atomic E-state index is 13.3. The Bertz CT molecular complexity index is 812. The van der Waals surface area contributed by atoms with E-state index in [1.165, 1.54) is 6.07 Å². The van der Waals surface area contributed by atoms with Crippen molar-refractivity contribution in [1.82, 2.24) is 0 Å². The third kappa shape index (κ3) is 3.48. The summed E-state index contributed by atoms with van der Waals surface area (Å²) in [5, 5.41) is 0.399. The fourth-order valence-corrected chi connectivity index (χ4v) is 4.00. The number of nitrogen functional groups attached to an aromatic ring is 1. The minimum atomic E-state index is -3.92. The molecule has 0 spiro atoms. The fraction of sp³-hybridized carbons (Fsp3) is 0.0769. The van der Waals surface area contributed by atoms with Gasteiger partial charge < -0.3 is 5.73 Å². The number of benzene rings is 2. The van der Waals surface area contributed by atoms with Gasteiger partial charge in [0.05, 0.1) is 11.4 Å². The number of anilines is 2. The standard InChI is InChI=1S/C13H11BrClFN2O2S/c1-7-2-3-8(15)4-12(7)18-21(19,20)13-6-11(17)10(16)5-9(13)14/h2-6,18H,17H2,1H3. The second-order valence-corrected chi connectivity index (χ2v) is 7.31. The van der Waals surface area contributed by atoms with Crippen LogP contribution in [0.15, 0.2) is 39.7 Å². The molecule has 2 aromatic carbocycles. The van der Waals surface area contributed by atoms with Crippen LogP contribution in [0.4, 0.5) is 15.8 Å². The lowest BCUT2D eigenvalue weighted by Gasteiger charge is -2.13. The van der Waals surface area contributed by atoms with E-state index >= 15 is 0 Å². The summed E-state index contributed by atoms with van der Waals surface area (Å²) < 4.78 is 40.6. The summed E-state index contributed by atoms with van der Waals surface area (Å²) in [6.45, 7) is 1.74. The second kappa shape index (κ2) is 5.82. The molecule has 0 radical (unpaired) electrons. The van der Waals surface area contributed by atoms with Crippen molar-refractivity contribution in [3.63, 3.8) is 0 Å². The zero-order valence-corrected chi connectivity index (χ0v) is 14.0. The van der Waals surface area contributed by atoms with E-state index in [0.717, 1.165) is 12.1 Å².